The van der Waals surface area contributed by atoms with Crippen molar-refractivity contribution < 1.29 is 4.42 Å². The van der Waals surface area contributed by atoms with Gasteiger partial charge in [-0.25, -0.2) is 15.0 Å². The highest BCUT2D eigenvalue weighted by Gasteiger charge is 2.23. The second kappa shape index (κ2) is 13.5. The lowest BCUT2D eigenvalue weighted by atomic mass is 10.0. The molecule has 11 rings (SSSR count). The Balaban J connectivity index is 1.11. The molecule has 0 bridgehead atoms. The molecule has 0 aliphatic rings. The molecular weight excluding hydrogens is 699 g/mol. The van der Waals surface area contributed by atoms with Gasteiger partial charge in [-0.15, -0.1) is 0 Å². The highest BCUT2D eigenvalue weighted by Crippen LogP contribution is 2.41. The number of hydrogen-bond donors (Lipinski definition) is 0. The molecule has 0 aliphatic heterocycles. The molecule has 6 nitrogen and oxygen atoms in total. The van der Waals surface area contributed by atoms with E-state index in [9.17, 15) is 0 Å². The van der Waals surface area contributed by atoms with E-state index in [4.69, 9.17) is 19.4 Å². The maximum absolute atomic E-state index is 6.69. The predicted molar refractivity (Wildman–Crippen MR) is 232 cm³/mol. The van der Waals surface area contributed by atoms with Crippen molar-refractivity contribution in [2.75, 3.05) is 4.90 Å². The van der Waals surface area contributed by atoms with Crippen molar-refractivity contribution in [2.24, 2.45) is 0 Å². The van der Waals surface area contributed by atoms with Crippen LogP contribution in [0.25, 0.3) is 83.6 Å². The number of oxazole rings is 1. The van der Waals surface area contributed by atoms with Gasteiger partial charge in [0.2, 0.25) is 11.8 Å². The van der Waals surface area contributed by atoms with Crippen LogP contribution < -0.4 is 4.90 Å². The van der Waals surface area contributed by atoms with Gasteiger partial charge < -0.3 is 9.32 Å². The Kier molecular flexibility index (Phi) is 7.71. The number of fused-ring (bicyclic) bond motifs is 6. The normalized spacial score (nSPS) is 11.5. The minimum Gasteiger partial charge on any atom is -0.434 e. The first-order valence-corrected chi connectivity index (χ1v) is 19.0. The number of benzene rings is 8. The van der Waals surface area contributed by atoms with Gasteiger partial charge in [0, 0.05) is 44.3 Å². The molecule has 0 spiro atoms. The number of para-hydroxylation sites is 3. The van der Waals surface area contributed by atoms with Crippen LogP contribution in [-0.4, -0.2) is 19.5 Å². The fourth-order valence-electron chi connectivity index (χ4n) is 7.96. The van der Waals surface area contributed by atoms with Crippen molar-refractivity contribution >= 4 is 60.9 Å². The summed E-state index contributed by atoms with van der Waals surface area (Å²) in [7, 11) is 0. The topological polar surface area (TPSA) is 60.0 Å². The second-order valence-corrected chi connectivity index (χ2v) is 14.1. The predicted octanol–water partition coefficient (Wildman–Crippen LogP) is 13.3. The quantitative estimate of drug-likeness (QED) is 0.163. The maximum atomic E-state index is 6.69. The Morgan fingerprint density at radius 3 is 1.70 bits per heavy atom. The van der Waals surface area contributed by atoms with E-state index in [1.165, 1.54) is 0 Å². The van der Waals surface area contributed by atoms with Crippen molar-refractivity contribution in [3.8, 4) is 39.8 Å². The molecular formula is C51H33N5O. The average molecular weight is 732 g/mol. The molecule has 0 fully saturated rings. The third-order valence-corrected chi connectivity index (χ3v) is 10.6. The summed E-state index contributed by atoms with van der Waals surface area (Å²) in [6.45, 7) is 0. The summed E-state index contributed by atoms with van der Waals surface area (Å²) in [6.07, 6.45) is 0. The van der Waals surface area contributed by atoms with Gasteiger partial charge in [0.25, 0.3) is 0 Å². The fourth-order valence-corrected chi connectivity index (χ4v) is 7.96. The molecule has 0 saturated carbocycles. The lowest BCUT2D eigenvalue weighted by molar-refractivity contribution is 0.621. The molecule has 0 N–H and O–H groups in total. The first kappa shape index (κ1) is 32.6. The second-order valence-electron chi connectivity index (χ2n) is 14.1. The van der Waals surface area contributed by atoms with E-state index in [2.05, 4.69) is 137 Å². The van der Waals surface area contributed by atoms with Crippen LogP contribution in [0.15, 0.2) is 205 Å². The molecule has 0 aliphatic carbocycles. The SMILES string of the molecule is c1ccc(-c2nc3ccc4c5cc(-c6ccc(N(c7ccccc7)c7ccccc7)cc6)ccc5n(-c5nc(-c6ccccc6)c6ccccc6n5)c4c3o2)cc1. The zero-order valence-electron chi connectivity index (χ0n) is 30.7. The first-order chi connectivity index (χ1) is 28.3. The molecule has 0 atom stereocenters. The molecule has 0 amide bonds. The highest BCUT2D eigenvalue weighted by atomic mass is 16.3. The van der Waals surface area contributed by atoms with E-state index in [1.54, 1.807) is 0 Å². The Morgan fingerprint density at radius 1 is 0.404 bits per heavy atom. The third-order valence-electron chi connectivity index (χ3n) is 10.6. The molecule has 3 heterocycles. The summed E-state index contributed by atoms with van der Waals surface area (Å²) < 4.78 is 8.84. The Labute approximate surface area is 328 Å². The van der Waals surface area contributed by atoms with Gasteiger partial charge in [0.05, 0.1) is 16.7 Å². The summed E-state index contributed by atoms with van der Waals surface area (Å²) in [5.74, 6) is 1.14. The molecule has 268 valence electrons. The van der Waals surface area contributed by atoms with Crippen molar-refractivity contribution in [2.45, 2.75) is 0 Å². The molecule has 0 radical (unpaired) electrons. The van der Waals surface area contributed by atoms with Gasteiger partial charge in [0.15, 0.2) is 5.58 Å². The highest BCUT2D eigenvalue weighted by molar-refractivity contribution is 6.17. The van der Waals surface area contributed by atoms with Crippen LogP contribution in [-0.2, 0) is 0 Å². The Morgan fingerprint density at radius 2 is 1.00 bits per heavy atom. The Bertz CT molecular complexity index is 3170. The average Bonchev–Trinajstić information content (AvgIpc) is 3.87. The van der Waals surface area contributed by atoms with Gasteiger partial charge in [-0.2, -0.15) is 0 Å². The minimum absolute atomic E-state index is 0.566. The number of hydrogen-bond acceptors (Lipinski definition) is 5. The number of nitrogens with zero attached hydrogens (tertiary/aromatic N) is 5. The molecule has 8 aromatic carbocycles. The molecule has 0 unspecified atom stereocenters. The molecule has 6 heteroatoms. The van der Waals surface area contributed by atoms with E-state index in [-0.39, 0.29) is 0 Å². The first-order valence-electron chi connectivity index (χ1n) is 19.0. The molecule has 11 aromatic rings. The number of aromatic nitrogens is 4. The molecule has 57 heavy (non-hydrogen) atoms. The van der Waals surface area contributed by atoms with Crippen molar-refractivity contribution in [1.82, 2.24) is 19.5 Å². The summed E-state index contributed by atoms with van der Waals surface area (Å²) in [4.78, 5) is 17.8. The summed E-state index contributed by atoms with van der Waals surface area (Å²) in [5, 5.41) is 3.09. The smallest absolute Gasteiger partial charge is 0.235 e. The monoisotopic (exact) mass is 731 g/mol. The molecule has 3 aromatic heterocycles. The van der Waals surface area contributed by atoms with E-state index in [0.717, 1.165) is 83.2 Å². The van der Waals surface area contributed by atoms with Gasteiger partial charge in [-0.1, -0.05) is 121 Å². The largest absolute Gasteiger partial charge is 0.434 e. The standard InChI is InChI=1S/C51H33N5O/c1-5-15-35(16-6-1)47-42-23-13-14-24-44(42)53-51(54-47)56-46-32-27-37(33-43(46)41-30-31-45-49(48(41)56)57-50(52-45)36-17-7-2-8-18-36)34-25-28-40(29-26-34)55(38-19-9-3-10-20-38)39-21-11-4-12-22-39/h1-33H. The third kappa shape index (κ3) is 5.62. The number of rotatable bonds is 7. The van der Waals surface area contributed by atoms with E-state index in [1.807, 2.05) is 72.8 Å². The van der Waals surface area contributed by atoms with Crippen LogP contribution >= 0.6 is 0 Å². The summed E-state index contributed by atoms with van der Waals surface area (Å²) in [5.41, 5.74) is 12.5. The maximum Gasteiger partial charge on any atom is 0.235 e. The zero-order chi connectivity index (χ0) is 37.7. The van der Waals surface area contributed by atoms with Crippen LogP contribution in [0.3, 0.4) is 0 Å². The lowest BCUT2D eigenvalue weighted by Gasteiger charge is -2.25. The number of anilines is 3. The van der Waals surface area contributed by atoms with Crippen molar-refractivity contribution in [3.05, 3.63) is 200 Å². The summed E-state index contributed by atoms with van der Waals surface area (Å²) in [6, 6.07) is 69.2. The van der Waals surface area contributed by atoms with E-state index in [0.29, 0.717) is 17.4 Å². The zero-order valence-corrected chi connectivity index (χ0v) is 30.7. The van der Waals surface area contributed by atoms with Crippen LogP contribution in [0.4, 0.5) is 17.1 Å². The van der Waals surface area contributed by atoms with Crippen LogP contribution in [0.2, 0.25) is 0 Å². The van der Waals surface area contributed by atoms with E-state index < -0.39 is 0 Å². The summed E-state index contributed by atoms with van der Waals surface area (Å²) >= 11 is 0. The van der Waals surface area contributed by atoms with Crippen LogP contribution in [0.1, 0.15) is 0 Å². The van der Waals surface area contributed by atoms with Gasteiger partial charge >= 0.3 is 0 Å². The lowest BCUT2D eigenvalue weighted by Crippen LogP contribution is -2.09. The van der Waals surface area contributed by atoms with Gasteiger partial charge in [-0.3, -0.25) is 4.57 Å². The van der Waals surface area contributed by atoms with Crippen molar-refractivity contribution in [1.29, 1.82) is 0 Å². The van der Waals surface area contributed by atoms with E-state index >= 15 is 0 Å². The fraction of sp³-hybridized carbons (Fsp3) is 0. The van der Waals surface area contributed by atoms with Gasteiger partial charge in [0.1, 0.15) is 11.0 Å². The minimum atomic E-state index is 0.566. The van der Waals surface area contributed by atoms with Gasteiger partial charge in [-0.05, 0) is 90.0 Å². The van der Waals surface area contributed by atoms with Crippen LogP contribution in [0, 0.1) is 0 Å². The van der Waals surface area contributed by atoms with Crippen LogP contribution in [0.5, 0.6) is 0 Å². The molecule has 0 saturated heterocycles. The Hall–Kier alpha value is -7.83. The van der Waals surface area contributed by atoms with Crippen molar-refractivity contribution in [3.63, 3.8) is 0 Å².